The molecule has 25 heavy (non-hydrogen) atoms. The van der Waals surface area contributed by atoms with Crippen molar-refractivity contribution < 1.29 is 4.84 Å². The zero-order valence-electron chi connectivity index (χ0n) is 13.6. The summed E-state index contributed by atoms with van der Waals surface area (Å²) in [4.78, 5) is 6.81. The number of nitrogens with zero attached hydrogens (tertiary/aromatic N) is 5. The number of hydrogen-bond donors (Lipinski definition) is 1. The topological polar surface area (TPSA) is 91.2 Å². The Bertz CT molecular complexity index is 878. The molecule has 0 aliphatic carbocycles. The highest BCUT2D eigenvalue weighted by Crippen LogP contribution is 2.19. The van der Waals surface area contributed by atoms with E-state index in [-0.39, 0.29) is 5.95 Å². The third kappa shape index (κ3) is 4.54. The van der Waals surface area contributed by atoms with E-state index >= 15 is 0 Å². The van der Waals surface area contributed by atoms with Crippen LogP contribution in [0.3, 0.4) is 0 Å². The minimum Gasteiger partial charge on any atom is -0.391 e. The molecule has 128 valence electrons. The summed E-state index contributed by atoms with van der Waals surface area (Å²) in [5.74, 6) is 0.124. The second-order valence-electron chi connectivity index (χ2n) is 5.42. The van der Waals surface area contributed by atoms with Gasteiger partial charge in [-0.1, -0.05) is 58.3 Å². The number of halogens is 1. The number of rotatable bonds is 6. The molecule has 1 heterocycles. The lowest BCUT2D eigenvalue weighted by Crippen LogP contribution is -2.06. The van der Waals surface area contributed by atoms with Crippen LogP contribution in [0.25, 0.3) is 0 Å². The SMILES string of the molecule is CC(=NOCc1ccccc1)c1ccc(Cl)c(Cn2nnc(N)n2)c1. The molecule has 1 aromatic heterocycles. The largest absolute Gasteiger partial charge is 0.391 e. The maximum atomic E-state index is 6.25. The van der Waals surface area contributed by atoms with Gasteiger partial charge in [0.1, 0.15) is 6.61 Å². The Balaban J connectivity index is 1.70. The molecule has 3 aromatic rings. The number of benzene rings is 2. The molecule has 0 aliphatic heterocycles. The van der Waals surface area contributed by atoms with Crippen molar-refractivity contribution in [2.45, 2.75) is 20.1 Å². The third-order valence-corrected chi connectivity index (χ3v) is 3.89. The van der Waals surface area contributed by atoms with E-state index in [1.54, 1.807) is 0 Å². The van der Waals surface area contributed by atoms with Gasteiger partial charge in [-0.3, -0.25) is 0 Å². The first-order valence-corrected chi connectivity index (χ1v) is 8.02. The van der Waals surface area contributed by atoms with E-state index < -0.39 is 0 Å². The molecular formula is C17H17ClN6O. The number of nitrogen functional groups attached to an aromatic ring is 1. The summed E-state index contributed by atoms with van der Waals surface area (Å²) >= 11 is 6.25. The highest BCUT2D eigenvalue weighted by Gasteiger charge is 2.08. The van der Waals surface area contributed by atoms with E-state index in [0.717, 1.165) is 22.4 Å². The minimum absolute atomic E-state index is 0.124. The highest BCUT2D eigenvalue weighted by molar-refractivity contribution is 6.31. The molecule has 3 rings (SSSR count). The lowest BCUT2D eigenvalue weighted by Gasteiger charge is -2.07. The molecule has 0 unspecified atom stereocenters. The number of oxime groups is 1. The molecule has 0 saturated heterocycles. The smallest absolute Gasteiger partial charge is 0.260 e. The monoisotopic (exact) mass is 356 g/mol. The standard InChI is InChI=1S/C17H17ClN6O/c1-12(22-25-11-13-5-3-2-4-6-13)14-7-8-16(18)15(9-14)10-24-21-17(19)20-23-24/h2-9H,10-11H2,1H3,(H2,19,21). The van der Waals surface area contributed by atoms with Crippen molar-refractivity contribution in [1.82, 2.24) is 20.2 Å². The Labute approximate surface area is 150 Å². The van der Waals surface area contributed by atoms with Crippen LogP contribution >= 0.6 is 11.6 Å². The number of tetrazole rings is 1. The Kier molecular flexibility index (Phi) is 5.25. The van der Waals surface area contributed by atoms with E-state index in [4.69, 9.17) is 22.2 Å². The van der Waals surface area contributed by atoms with E-state index in [1.807, 2.05) is 55.5 Å². The second kappa shape index (κ2) is 7.76. The van der Waals surface area contributed by atoms with Crippen LogP contribution in [0.1, 0.15) is 23.6 Å². The van der Waals surface area contributed by atoms with Crippen molar-refractivity contribution in [3.63, 3.8) is 0 Å². The number of anilines is 1. The van der Waals surface area contributed by atoms with Gasteiger partial charge in [0.05, 0.1) is 12.3 Å². The maximum absolute atomic E-state index is 6.25. The first-order valence-electron chi connectivity index (χ1n) is 7.64. The normalized spacial score (nSPS) is 11.5. The minimum atomic E-state index is 0.124. The van der Waals surface area contributed by atoms with Crippen LogP contribution in [0.15, 0.2) is 53.7 Å². The van der Waals surface area contributed by atoms with Crippen LogP contribution in [0.4, 0.5) is 5.95 Å². The van der Waals surface area contributed by atoms with Crippen LogP contribution in [0.5, 0.6) is 0 Å². The number of hydrogen-bond acceptors (Lipinski definition) is 6. The number of nitrogens with two attached hydrogens (primary N) is 1. The van der Waals surface area contributed by atoms with Crippen LogP contribution in [-0.4, -0.2) is 25.9 Å². The summed E-state index contributed by atoms with van der Waals surface area (Å²) in [5, 5.41) is 16.2. The van der Waals surface area contributed by atoms with Gasteiger partial charge in [-0.05, 0) is 41.0 Å². The Morgan fingerprint density at radius 2 is 2.04 bits per heavy atom. The van der Waals surface area contributed by atoms with Crippen LogP contribution in [0.2, 0.25) is 5.02 Å². The second-order valence-corrected chi connectivity index (χ2v) is 5.83. The van der Waals surface area contributed by atoms with Gasteiger partial charge in [-0.25, -0.2) is 0 Å². The van der Waals surface area contributed by atoms with Crippen molar-refractivity contribution in [2.75, 3.05) is 5.73 Å². The van der Waals surface area contributed by atoms with Crippen LogP contribution < -0.4 is 5.73 Å². The lowest BCUT2D eigenvalue weighted by atomic mass is 10.1. The van der Waals surface area contributed by atoms with Gasteiger partial charge in [0.25, 0.3) is 5.95 Å². The molecular weight excluding hydrogens is 340 g/mol. The van der Waals surface area contributed by atoms with Gasteiger partial charge in [0.2, 0.25) is 0 Å². The van der Waals surface area contributed by atoms with E-state index in [9.17, 15) is 0 Å². The fourth-order valence-electron chi connectivity index (χ4n) is 2.23. The fourth-order valence-corrected chi connectivity index (χ4v) is 2.40. The zero-order valence-corrected chi connectivity index (χ0v) is 14.4. The van der Waals surface area contributed by atoms with Crippen LogP contribution in [-0.2, 0) is 18.0 Å². The van der Waals surface area contributed by atoms with Gasteiger partial charge in [0.15, 0.2) is 0 Å². The van der Waals surface area contributed by atoms with Gasteiger partial charge >= 0.3 is 0 Å². The quantitative estimate of drug-likeness (QED) is 0.541. The summed E-state index contributed by atoms with van der Waals surface area (Å²) < 4.78 is 0. The molecule has 8 heteroatoms. The van der Waals surface area contributed by atoms with Crippen molar-refractivity contribution >= 4 is 23.3 Å². The van der Waals surface area contributed by atoms with Crippen LogP contribution in [0, 0.1) is 0 Å². The molecule has 2 N–H and O–H groups in total. The predicted octanol–water partition coefficient (Wildman–Crippen LogP) is 2.90. The first-order chi connectivity index (χ1) is 12.1. The van der Waals surface area contributed by atoms with Gasteiger partial charge in [0, 0.05) is 5.02 Å². The third-order valence-electron chi connectivity index (χ3n) is 3.52. The molecule has 0 radical (unpaired) electrons. The average Bonchev–Trinajstić information content (AvgIpc) is 3.02. The van der Waals surface area contributed by atoms with E-state index in [1.165, 1.54) is 4.80 Å². The average molecular weight is 357 g/mol. The van der Waals surface area contributed by atoms with Crippen molar-refractivity contribution in [3.8, 4) is 0 Å². The van der Waals surface area contributed by atoms with Crippen molar-refractivity contribution in [2.24, 2.45) is 5.16 Å². The summed E-state index contributed by atoms with van der Waals surface area (Å²) in [5.41, 5.74) is 9.03. The Morgan fingerprint density at radius 1 is 1.24 bits per heavy atom. The number of aromatic nitrogens is 4. The molecule has 0 atom stereocenters. The van der Waals surface area contributed by atoms with Crippen molar-refractivity contribution in [3.05, 3.63) is 70.2 Å². The highest BCUT2D eigenvalue weighted by atomic mass is 35.5. The molecule has 7 nitrogen and oxygen atoms in total. The predicted molar refractivity (Wildman–Crippen MR) is 96.2 cm³/mol. The summed E-state index contributed by atoms with van der Waals surface area (Å²) in [7, 11) is 0. The van der Waals surface area contributed by atoms with Gasteiger partial charge in [-0.2, -0.15) is 4.80 Å². The fraction of sp³-hybridized carbons (Fsp3) is 0.176. The molecule has 0 amide bonds. The molecule has 2 aromatic carbocycles. The van der Waals surface area contributed by atoms with Crippen molar-refractivity contribution in [1.29, 1.82) is 0 Å². The summed E-state index contributed by atoms with van der Waals surface area (Å²) in [6.45, 7) is 2.67. The zero-order chi connectivity index (χ0) is 17.6. The Morgan fingerprint density at radius 3 is 2.76 bits per heavy atom. The Hall–Kier alpha value is -2.93. The van der Waals surface area contributed by atoms with E-state index in [0.29, 0.717) is 18.2 Å². The van der Waals surface area contributed by atoms with Gasteiger partial charge < -0.3 is 10.6 Å². The van der Waals surface area contributed by atoms with E-state index in [2.05, 4.69) is 20.6 Å². The maximum Gasteiger partial charge on any atom is 0.260 e. The molecule has 0 bridgehead atoms. The first kappa shape index (κ1) is 16.9. The molecule has 0 aliphatic rings. The summed E-state index contributed by atoms with van der Waals surface area (Å²) in [6.07, 6.45) is 0. The molecule has 0 fully saturated rings. The molecule has 0 spiro atoms. The van der Waals surface area contributed by atoms with Gasteiger partial charge in [-0.15, -0.1) is 5.10 Å². The molecule has 0 saturated carbocycles. The summed E-state index contributed by atoms with van der Waals surface area (Å²) in [6, 6.07) is 15.5. The lowest BCUT2D eigenvalue weighted by molar-refractivity contribution is 0.130.